The quantitative estimate of drug-likeness (QED) is 0.586. The van der Waals surface area contributed by atoms with Gasteiger partial charge < -0.3 is 21.7 Å². The van der Waals surface area contributed by atoms with E-state index < -0.39 is 5.91 Å². The summed E-state index contributed by atoms with van der Waals surface area (Å²) in [6.45, 7) is 0. The van der Waals surface area contributed by atoms with Gasteiger partial charge in [-0.05, 0) is 43.9 Å². The number of nitrogens with zero attached hydrogens (tertiary/aromatic N) is 2. The Hall–Kier alpha value is -3.16. The molecule has 2 aliphatic carbocycles. The highest BCUT2D eigenvalue weighted by molar-refractivity contribution is 5.97. The van der Waals surface area contributed by atoms with Gasteiger partial charge in [-0.15, -0.1) is 0 Å². The first-order chi connectivity index (χ1) is 13.6. The van der Waals surface area contributed by atoms with Crippen LogP contribution in [0, 0.1) is 5.92 Å². The molecule has 2 saturated carbocycles. The van der Waals surface area contributed by atoms with E-state index >= 15 is 0 Å². The molecule has 2 amide bonds. The molecular weight excluding hydrogens is 356 g/mol. The fourth-order valence-electron chi connectivity index (χ4n) is 3.39. The van der Waals surface area contributed by atoms with E-state index in [1.807, 2.05) is 24.3 Å². The summed E-state index contributed by atoms with van der Waals surface area (Å²) in [4.78, 5) is 32.3. The second-order valence-corrected chi connectivity index (χ2v) is 7.42. The topological polar surface area (TPSA) is 122 Å². The zero-order chi connectivity index (χ0) is 19.5. The normalized spacial score (nSPS) is 16.6. The van der Waals surface area contributed by atoms with Crippen molar-refractivity contribution in [1.29, 1.82) is 0 Å². The number of primary amides is 1. The number of nitrogens with two attached hydrogens (primary N) is 1. The molecule has 1 heterocycles. The summed E-state index contributed by atoms with van der Waals surface area (Å²) in [5, 5.41) is 9.37. The summed E-state index contributed by atoms with van der Waals surface area (Å²) in [7, 11) is 0. The minimum atomic E-state index is -0.558. The molecule has 8 nitrogen and oxygen atoms in total. The van der Waals surface area contributed by atoms with Gasteiger partial charge in [0.15, 0.2) is 0 Å². The first-order valence-electron chi connectivity index (χ1n) is 9.70. The van der Waals surface area contributed by atoms with Gasteiger partial charge in [0, 0.05) is 29.5 Å². The highest BCUT2D eigenvalue weighted by atomic mass is 16.2. The lowest BCUT2D eigenvalue weighted by atomic mass is 10.2. The van der Waals surface area contributed by atoms with E-state index in [0.717, 1.165) is 37.1 Å². The zero-order valence-corrected chi connectivity index (χ0v) is 15.6. The highest BCUT2D eigenvalue weighted by Crippen LogP contribution is 2.30. The van der Waals surface area contributed by atoms with Gasteiger partial charge in [-0.3, -0.25) is 9.59 Å². The van der Waals surface area contributed by atoms with E-state index in [-0.39, 0.29) is 17.4 Å². The molecule has 146 valence electrons. The second kappa shape index (κ2) is 7.84. The molecule has 0 radical (unpaired) electrons. The molecule has 0 bridgehead atoms. The van der Waals surface area contributed by atoms with Gasteiger partial charge in [0.05, 0.1) is 5.56 Å². The van der Waals surface area contributed by atoms with Gasteiger partial charge in [-0.2, -0.15) is 4.98 Å². The molecule has 0 aliphatic heterocycles. The minimum absolute atomic E-state index is 0.0576. The molecule has 2 aliphatic rings. The van der Waals surface area contributed by atoms with Crippen molar-refractivity contribution in [3.8, 4) is 0 Å². The van der Waals surface area contributed by atoms with Crippen molar-refractivity contribution < 1.29 is 9.59 Å². The third-order valence-corrected chi connectivity index (χ3v) is 5.08. The Morgan fingerprint density at radius 1 is 1.07 bits per heavy atom. The van der Waals surface area contributed by atoms with Crippen LogP contribution in [0.25, 0.3) is 0 Å². The first-order valence-corrected chi connectivity index (χ1v) is 9.70. The third-order valence-electron chi connectivity index (χ3n) is 5.08. The monoisotopic (exact) mass is 380 g/mol. The third kappa shape index (κ3) is 4.39. The van der Waals surface area contributed by atoms with Crippen LogP contribution < -0.4 is 21.7 Å². The van der Waals surface area contributed by atoms with Gasteiger partial charge in [0.2, 0.25) is 11.9 Å². The van der Waals surface area contributed by atoms with Crippen molar-refractivity contribution in [1.82, 2.24) is 9.97 Å². The van der Waals surface area contributed by atoms with E-state index in [0.29, 0.717) is 17.8 Å². The molecule has 28 heavy (non-hydrogen) atoms. The van der Waals surface area contributed by atoms with Crippen molar-refractivity contribution in [3.05, 3.63) is 36.0 Å². The van der Waals surface area contributed by atoms with Crippen molar-refractivity contribution in [2.45, 2.75) is 44.6 Å². The predicted molar refractivity (Wildman–Crippen MR) is 108 cm³/mol. The molecule has 0 atom stereocenters. The van der Waals surface area contributed by atoms with Gasteiger partial charge in [0.25, 0.3) is 5.91 Å². The summed E-state index contributed by atoms with van der Waals surface area (Å²) < 4.78 is 0. The van der Waals surface area contributed by atoms with E-state index in [9.17, 15) is 9.59 Å². The van der Waals surface area contributed by atoms with Gasteiger partial charge in [0.1, 0.15) is 5.82 Å². The Balaban J connectivity index is 1.50. The van der Waals surface area contributed by atoms with Gasteiger partial charge in [-0.25, -0.2) is 4.98 Å². The second-order valence-electron chi connectivity index (χ2n) is 7.42. The summed E-state index contributed by atoms with van der Waals surface area (Å²) >= 11 is 0. The van der Waals surface area contributed by atoms with Crippen LogP contribution in [0.2, 0.25) is 0 Å². The summed E-state index contributed by atoms with van der Waals surface area (Å²) in [6.07, 6.45) is 7.79. The Labute approximate surface area is 163 Å². The van der Waals surface area contributed by atoms with Gasteiger partial charge >= 0.3 is 0 Å². The Morgan fingerprint density at radius 2 is 1.82 bits per heavy atom. The van der Waals surface area contributed by atoms with Gasteiger partial charge in [-0.1, -0.05) is 18.9 Å². The molecule has 8 heteroatoms. The van der Waals surface area contributed by atoms with Crippen molar-refractivity contribution in [3.63, 3.8) is 0 Å². The Kier molecular flexibility index (Phi) is 5.10. The number of carbonyl (C=O) groups excluding carboxylic acids is 2. The Bertz CT molecular complexity index is 890. The van der Waals surface area contributed by atoms with E-state index in [1.54, 1.807) is 0 Å². The number of benzene rings is 1. The van der Waals surface area contributed by atoms with E-state index in [2.05, 4.69) is 25.9 Å². The molecule has 0 spiro atoms. The smallest absolute Gasteiger partial charge is 0.254 e. The summed E-state index contributed by atoms with van der Waals surface area (Å²) in [6, 6.07) is 7.68. The number of hydrogen-bond donors (Lipinski definition) is 4. The molecule has 0 saturated heterocycles. The average molecular weight is 380 g/mol. The molecule has 5 N–H and O–H groups in total. The number of carbonyl (C=O) groups is 2. The minimum Gasteiger partial charge on any atom is -0.367 e. The van der Waals surface area contributed by atoms with E-state index in [4.69, 9.17) is 5.73 Å². The summed E-state index contributed by atoms with van der Waals surface area (Å²) in [5.74, 6) is 0.455. The zero-order valence-electron chi connectivity index (χ0n) is 15.6. The molecule has 2 fully saturated rings. The lowest BCUT2D eigenvalue weighted by molar-refractivity contribution is -0.117. The first kappa shape index (κ1) is 18.2. The summed E-state index contributed by atoms with van der Waals surface area (Å²) in [5.41, 5.74) is 7.21. The van der Waals surface area contributed by atoms with Crippen LogP contribution in [-0.2, 0) is 4.79 Å². The van der Waals surface area contributed by atoms with E-state index in [1.165, 1.54) is 19.0 Å². The number of aromatic nitrogens is 2. The highest BCUT2D eigenvalue weighted by Gasteiger charge is 2.29. The van der Waals surface area contributed by atoms with Crippen LogP contribution in [-0.4, -0.2) is 27.8 Å². The average Bonchev–Trinajstić information content (AvgIpc) is 3.40. The van der Waals surface area contributed by atoms with Crippen LogP contribution >= 0.6 is 0 Å². The molecular formula is C20H24N6O2. The lowest BCUT2D eigenvalue weighted by Crippen LogP contribution is -2.21. The maximum Gasteiger partial charge on any atom is 0.254 e. The molecule has 0 unspecified atom stereocenters. The standard InChI is InChI=1S/C20H24N6O2/c21-17(27)16-11-22-20(26-18(16)23-13-4-1-2-5-13)25-15-7-3-6-14(10-15)24-19(28)12-8-9-12/h3,6-7,10-13H,1-2,4-5,8-9H2,(H2,21,27)(H,24,28)(H2,22,23,25,26). The van der Waals surface area contributed by atoms with Crippen molar-refractivity contribution >= 4 is 35.0 Å². The maximum absolute atomic E-state index is 11.9. The number of anilines is 4. The van der Waals surface area contributed by atoms with Crippen molar-refractivity contribution in [2.24, 2.45) is 11.7 Å². The fraction of sp³-hybridized carbons (Fsp3) is 0.400. The number of rotatable bonds is 7. The van der Waals surface area contributed by atoms with Crippen LogP contribution in [0.1, 0.15) is 48.9 Å². The molecule has 4 rings (SSSR count). The van der Waals surface area contributed by atoms with Crippen molar-refractivity contribution in [2.75, 3.05) is 16.0 Å². The SMILES string of the molecule is NC(=O)c1cnc(Nc2cccc(NC(=O)C3CC3)c2)nc1NC1CCCC1. The van der Waals surface area contributed by atoms with Crippen LogP contribution in [0.15, 0.2) is 30.5 Å². The Morgan fingerprint density at radius 3 is 2.54 bits per heavy atom. The molecule has 1 aromatic heterocycles. The fourth-order valence-corrected chi connectivity index (χ4v) is 3.39. The lowest BCUT2D eigenvalue weighted by Gasteiger charge is -2.16. The number of amides is 2. The molecule has 2 aromatic rings. The van der Waals surface area contributed by atoms with Crippen LogP contribution in [0.4, 0.5) is 23.1 Å². The number of nitrogens with one attached hydrogen (secondary N) is 3. The van der Waals surface area contributed by atoms with Crippen LogP contribution in [0.5, 0.6) is 0 Å². The van der Waals surface area contributed by atoms with Crippen LogP contribution in [0.3, 0.4) is 0 Å². The largest absolute Gasteiger partial charge is 0.367 e. The maximum atomic E-state index is 11.9. The molecule has 1 aromatic carbocycles. The number of hydrogen-bond acceptors (Lipinski definition) is 6. The predicted octanol–water partition coefficient (Wildman–Crippen LogP) is 3.02.